The van der Waals surface area contributed by atoms with E-state index in [1.54, 1.807) is 0 Å². The predicted octanol–water partition coefficient (Wildman–Crippen LogP) is 17.0. The van der Waals surface area contributed by atoms with Crippen LogP contribution in [0.1, 0.15) is 25.0 Å². The normalized spacial score (nSPS) is 12.5. The van der Waals surface area contributed by atoms with Crippen molar-refractivity contribution in [3.05, 3.63) is 248 Å². The van der Waals surface area contributed by atoms with Gasteiger partial charge in [-0.05, 0) is 126 Å². The number of anilines is 3. The number of fused-ring (bicyclic) bond motifs is 4. The van der Waals surface area contributed by atoms with E-state index in [2.05, 4.69) is 255 Å². The molecule has 0 fully saturated rings. The molecule has 10 aromatic rings. The van der Waals surface area contributed by atoms with Crippen LogP contribution in [0, 0.1) is 0 Å². The van der Waals surface area contributed by atoms with Crippen molar-refractivity contribution in [2.45, 2.75) is 19.3 Å². The standard InChI is InChI=1S/C61H45N/c1-61(2)58-32-13-11-28-56(58)57-31-17-30-55(60(57)61)45-34-36-50(37-35-45)62(51-40-48(42-18-5-3-6-19-42)39-49(41-51)43-20-7-4-8-21-43)59-33-14-12-27-54(59)47-25-15-24-46(38-47)53-29-16-23-44-22-9-10-26-52(44)53/h3-41H,1-2H3. The van der Waals surface area contributed by atoms with Crippen LogP contribution >= 0.6 is 0 Å². The number of benzene rings is 10. The Labute approximate surface area is 364 Å². The topological polar surface area (TPSA) is 3.24 Å². The molecule has 1 nitrogen and oxygen atoms in total. The molecule has 0 saturated carbocycles. The zero-order chi connectivity index (χ0) is 41.6. The third kappa shape index (κ3) is 6.51. The highest BCUT2D eigenvalue weighted by molar-refractivity contribution is 5.98. The van der Waals surface area contributed by atoms with Gasteiger partial charge in [0.1, 0.15) is 0 Å². The van der Waals surface area contributed by atoms with Gasteiger partial charge in [0.2, 0.25) is 0 Å². The van der Waals surface area contributed by atoms with Crippen molar-refractivity contribution < 1.29 is 0 Å². The summed E-state index contributed by atoms with van der Waals surface area (Å²) in [6.07, 6.45) is 0. The average molecular weight is 792 g/mol. The van der Waals surface area contributed by atoms with E-state index >= 15 is 0 Å². The van der Waals surface area contributed by atoms with E-state index in [0.717, 1.165) is 28.2 Å². The first-order chi connectivity index (χ1) is 30.5. The lowest BCUT2D eigenvalue weighted by molar-refractivity contribution is 0.662. The summed E-state index contributed by atoms with van der Waals surface area (Å²) in [6.45, 7) is 4.74. The second-order valence-electron chi connectivity index (χ2n) is 16.9. The first kappa shape index (κ1) is 37.3. The summed E-state index contributed by atoms with van der Waals surface area (Å²) in [5.41, 5.74) is 20.6. The van der Waals surface area contributed by atoms with Crippen molar-refractivity contribution in [3.63, 3.8) is 0 Å². The molecule has 0 radical (unpaired) electrons. The summed E-state index contributed by atoms with van der Waals surface area (Å²) in [6, 6.07) is 86.7. The van der Waals surface area contributed by atoms with E-state index in [0.29, 0.717) is 0 Å². The van der Waals surface area contributed by atoms with Gasteiger partial charge < -0.3 is 4.90 Å². The second-order valence-corrected chi connectivity index (χ2v) is 16.9. The van der Waals surface area contributed by atoms with Crippen molar-refractivity contribution in [3.8, 4) is 66.8 Å². The molecule has 294 valence electrons. The summed E-state index contributed by atoms with van der Waals surface area (Å²) >= 11 is 0. The molecule has 0 saturated heterocycles. The van der Waals surface area contributed by atoms with Crippen LogP contribution in [-0.4, -0.2) is 0 Å². The van der Waals surface area contributed by atoms with Crippen molar-refractivity contribution in [2.24, 2.45) is 0 Å². The predicted molar refractivity (Wildman–Crippen MR) is 263 cm³/mol. The van der Waals surface area contributed by atoms with Gasteiger partial charge in [0.15, 0.2) is 0 Å². The minimum atomic E-state index is -0.113. The molecule has 1 heteroatoms. The highest BCUT2D eigenvalue weighted by Gasteiger charge is 2.37. The van der Waals surface area contributed by atoms with Gasteiger partial charge in [0.05, 0.1) is 5.69 Å². The number of hydrogen-bond acceptors (Lipinski definition) is 1. The fourth-order valence-electron chi connectivity index (χ4n) is 9.88. The van der Waals surface area contributed by atoms with Crippen LogP contribution in [0.2, 0.25) is 0 Å². The third-order valence-electron chi connectivity index (χ3n) is 12.8. The number of nitrogens with zero attached hydrogens (tertiary/aromatic N) is 1. The maximum atomic E-state index is 2.46. The van der Waals surface area contributed by atoms with Gasteiger partial charge in [-0.2, -0.15) is 0 Å². The lowest BCUT2D eigenvalue weighted by Gasteiger charge is -2.29. The second kappa shape index (κ2) is 15.4. The molecular formula is C61H45N. The van der Waals surface area contributed by atoms with Crippen LogP contribution in [0.4, 0.5) is 17.1 Å². The Morgan fingerprint density at radius 2 is 0.806 bits per heavy atom. The van der Waals surface area contributed by atoms with Crippen molar-refractivity contribution in [1.29, 1.82) is 0 Å². The molecule has 62 heavy (non-hydrogen) atoms. The highest BCUT2D eigenvalue weighted by atomic mass is 15.1. The molecule has 0 heterocycles. The quantitative estimate of drug-likeness (QED) is 0.148. The molecule has 0 unspecified atom stereocenters. The van der Waals surface area contributed by atoms with Crippen LogP contribution in [-0.2, 0) is 5.41 Å². The van der Waals surface area contributed by atoms with E-state index in [-0.39, 0.29) is 5.41 Å². The fourth-order valence-corrected chi connectivity index (χ4v) is 9.88. The van der Waals surface area contributed by atoms with E-state index in [4.69, 9.17) is 0 Å². The third-order valence-corrected chi connectivity index (χ3v) is 12.8. The van der Waals surface area contributed by atoms with Gasteiger partial charge >= 0.3 is 0 Å². The summed E-state index contributed by atoms with van der Waals surface area (Å²) in [5, 5.41) is 2.50. The van der Waals surface area contributed by atoms with Crippen molar-refractivity contribution >= 4 is 27.8 Å². The highest BCUT2D eigenvalue weighted by Crippen LogP contribution is 2.52. The van der Waals surface area contributed by atoms with Crippen LogP contribution in [0.3, 0.4) is 0 Å². The Bertz CT molecular complexity index is 3190. The number of para-hydroxylation sites is 1. The largest absolute Gasteiger partial charge is 0.310 e. The summed E-state index contributed by atoms with van der Waals surface area (Å²) in [4.78, 5) is 2.46. The zero-order valence-corrected chi connectivity index (χ0v) is 35.0. The lowest BCUT2D eigenvalue weighted by atomic mass is 9.79. The van der Waals surface area contributed by atoms with E-state index in [1.807, 2.05) is 0 Å². The van der Waals surface area contributed by atoms with Crippen molar-refractivity contribution in [1.82, 2.24) is 0 Å². The molecule has 11 rings (SSSR count). The number of rotatable bonds is 8. The molecule has 0 aliphatic heterocycles. The molecule has 0 aromatic heterocycles. The number of hydrogen-bond donors (Lipinski definition) is 0. The molecule has 0 N–H and O–H groups in total. The lowest BCUT2D eigenvalue weighted by Crippen LogP contribution is -2.16. The SMILES string of the molecule is CC1(C)c2ccccc2-c2cccc(-c3ccc(N(c4cc(-c5ccccc5)cc(-c5ccccc5)c4)c4ccccc4-c4cccc(-c5cccc6ccccc56)c4)cc3)c21. The zero-order valence-electron chi connectivity index (χ0n) is 35.0. The monoisotopic (exact) mass is 791 g/mol. The van der Waals surface area contributed by atoms with Crippen molar-refractivity contribution in [2.75, 3.05) is 4.90 Å². The van der Waals surface area contributed by atoms with Crippen LogP contribution < -0.4 is 4.90 Å². The van der Waals surface area contributed by atoms with Gasteiger partial charge in [-0.3, -0.25) is 0 Å². The smallest absolute Gasteiger partial charge is 0.0540 e. The van der Waals surface area contributed by atoms with E-state index in [1.165, 1.54) is 77.5 Å². The summed E-state index contributed by atoms with van der Waals surface area (Å²) in [5.74, 6) is 0. The van der Waals surface area contributed by atoms with Gasteiger partial charge in [-0.25, -0.2) is 0 Å². The summed E-state index contributed by atoms with van der Waals surface area (Å²) < 4.78 is 0. The van der Waals surface area contributed by atoms with Crippen LogP contribution in [0.5, 0.6) is 0 Å². The van der Waals surface area contributed by atoms with E-state index < -0.39 is 0 Å². The average Bonchev–Trinajstić information content (AvgIpc) is 3.58. The molecule has 1 aliphatic carbocycles. The molecule has 0 atom stereocenters. The maximum Gasteiger partial charge on any atom is 0.0540 e. The Morgan fingerprint density at radius 1 is 0.306 bits per heavy atom. The summed E-state index contributed by atoms with van der Waals surface area (Å²) in [7, 11) is 0. The van der Waals surface area contributed by atoms with Gasteiger partial charge in [0.25, 0.3) is 0 Å². The van der Waals surface area contributed by atoms with Gasteiger partial charge in [-0.15, -0.1) is 0 Å². The Balaban J connectivity index is 1.10. The first-order valence-electron chi connectivity index (χ1n) is 21.6. The maximum absolute atomic E-state index is 2.46. The Hall–Kier alpha value is -7.74. The first-order valence-corrected chi connectivity index (χ1v) is 21.6. The molecule has 0 amide bonds. The minimum absolute atomic E-state index is 0.113. The Kier molecular flexibility index (Phi) is 9.24. The van der Waals surface area contributed by atoms with Gasteiger partial charge in [0, 0.05) is 22.4 Å². The molecule has 0 bridgehead atoms. The Morgan fingerprint density at radius 3 is 1.55 bits per heavy atom. The molecule has 0 spiro atoms. The van der Waals surface area contributed by atoms with Gasteiger partial charge in [-0.1, -0.05) is 208 Å². The van der Waals surface area contributed by atoms with Crippen LogP contribution in [0.15, 0.2) is 237 Å². The van der Waals surface area contributed by atoms with E-state index in [9.17, 15) is 0 Å². The minimum Gasteiger partial charge on any atom is -0.310 e. The molecular weight excluding hydrogens is 747 g/mol. The van der Waals surface area contributed by atoms with Crippen LogP contribution in [0.25, 0.3) is 77.5 Å². The molecule has 1 aliphatic rings. The fraction of sp³-hybridized carbons (Fsp3) is 0.0492. The molecule has 10 aromatic carbocycles.